The first kappa shape index (κ1) is 17.5. The fourth-order valence-corrected chi connectivity index (χ4v) is 3.24. The molecule has 0 amide bonds. The summed E-state index contributed by atoms with van der Waals surface area (Å²) >= 11 is 1.71. The van der Waals surface area contributed by atoms with E-state index in [4.69, 9.17) is 0 Å². The van der Waals surface area contributed by atoms with Gasteiger partial charge in [0.25, 0.3) is 0 Å². The molecule has 2 N–H and O–H groups in total. The largest absolute Gasteiger partial charge is 0.356 e. The molecule has 0 aliphatic rings. The molecule has 0 fully saturated rings. The first-order valence-electron chi connectivity index (χ1n) is 8.01. The molecule has 2 rings (SSSR count). The van der Waals surface area contributed by atoms with E-state index < -0.39 is 0 Å². The van der Waals surface area contributed by atoms with Crippen LogP contribution in [0, 0.1) is 12.8 Å². The summed E-state index contributed by atoms with van der Waals surface area (Å²) in [6, 6.07) is 10.7. The molecule has 0 radical (unpaired) electrons. The number of nitrogens with one attached hydrogen (secondary N) is 2. The van der Waals surface area contributed by atoms with Gasteiger partial charge in [0.1, 0.15) is 5.01 Å². The van der Waals surface area contributed by atoms with Crippen LogP contribution in [0.15, 0.2) is 41.5 Å². The van der Waals surface area contributed by atoms with Crippen LogP contribution in [0.2, 0.25) is 0 Å². The molecule has 1 heterocycles. The molecule has 0 saturated carbocycles. The molecule has 0 aliphatic carbocycles. The van der Waals surface area contributed by atoms with Gasteiger partial charge in [-0.2, -0.15) is 0 Å². The van der Waals surface area contributed by atoms with Crippen LogP contribution in [0.3, 0.4) is 0 Å². The number of nitrogens with zero attached hydrogens (tertiary/aromatic N) is 2. The van der Waals surface area contributed by atoms with Crippen LogP contribution in [-0.4, -0.2) is 24.5 Å². The van der Waals surface area contributed by atoms with E-state index in [9.17, 15) is 0 Å². The average molecular weight is 331 g/mol. The Morgan fingerprint density at radius 3 is 2.52 bits per heavy atom. The van der Waals surface area contributed by atoms with Crippen molar-refractivity contribution in [2.75, 3.05) is 13.6 Å². The SMILES string of the molecule is CN=C(NCc1ncc(C)s1)NCC(c1ccccc1)C(C)C. The highest BCUT2D eigenvalue weighted by molar-refractivity contribution is 7.11. The van der Waals surface area contributed by atoms with Crippen molar-refractivity contribution in [2.45, 2.75) is 33.2 Å². The van der Waals surface area contributed by atoms with Gasteiger partial charge < -0.3 is 10.6 Å². The second-order valence-corrected chi connectivity index (χ2v) is 7.25. The fraction of sp³-hybridized carbons (Fsp3) is 0.444. The molecule has 0 saturated heterocycles. The summed E-state index contributed by atoms with van der Waals surface area (Å²) in [5.41, 5.74) is 1.36. The van der Waals surface area contributed by atoms with Crippen LogP contribution in [0.4, 0.5) is 0 Å². The van der Waals surface area contributed by atoms with Crippen molar-refractivity contribution in [1.82, 2.24) is 15.6 Å². The van der Waals surface area contributed by atoms with Crippen molar-refractivity contribution in [1.29, 1.82) is 0 Å². The Balaban J connectivity index is 1.90. The maximum Gasteiger partial charge on any atom is 0.191 e. The number of hydrogen-bond donors (Lipinski definition) is 2. The van der Waals surface area contributed by atoms with Crippen LogP contribution in [0.1, 0.15) is 35.2 Å². The third-order valence-corrected chi connectivity index (χ3v) is 4.73. The van der Waals surface area contributed by atoms with E-state index >= 15 is 0 Å². The molecule has 1 aromatic carbocycles. The first-order chi connectivity index (χ1) is 11.1. The summed E-state index contributed by atoms with van der Waals surface area (Å²) in [6.45, 7) is 8.15. The predicted molar refractivity (Wildman–Crippen MR) is 99.1 cm³/mol. The average Bonchev–Trinajstić information content (AvgIpc) is 2.96. The van der Waals surface area contributed by atoms with Gasteiger partial charge in [-0.05, 0) is 18.4 Å². The number of aromatic nitrogens is 1. The Hall–Kier alpha value is -1.88. The van der Waals surface area contributed by atoms with Crippen molar-refractivity contribution in [2.24, 2.45) is 10.9 Å². The number of thiazole rings is 1. The summed E-state index contributed by atoms with van der Waals surface area (Å²) in [5, 5.41) is 7.85. The second-order valence-electron chi connectivity index (χ2n) is 5.93. The lowest BCUT2D eigenvalue weighted by atomic mass is 9.88. The van der Waals surface area contributed by atoms with E-state index in [1.807, 2.05) is 6.20 Å². The maximum atomic E-state index is 4.37. The zero-order chi connectivity index (χ0) is 16.7. The van der Waals surface area contributed by atoms with Crippen LogP contribution < -0.4 is 10.6 Å². The summed E-state index contributed by atoms with van der Waals surface area (Å²) in [6.07, 6.45) is 1.90. The van der Waals surface area contributed by atoms with Gasteiger partial charge >= 0.3 is 0 Å². The standard InChI is InChI=1S/C18H26N4S/c1-13(2)16(15-8-6-5-7-9-15)11-21-18(19-4)22-12-17-20-10-14(3)23-17/h5-10,13,16H,11-12H2,1-4H3,(H2,19,21,22). The summed E-state index contributed by atoms with van der Waals surface area (Å²) in [7, 11) is 1.80. The van der Waals surface area contributed by atoms with Gasteiger partial charge in [-0.25, -0.2) is 4.98 Å². The molecule has 0 spiro atoms. The monoisotopic (exact) mass is 330 g/mol. The normalized spacial score (nSPS) is 13.2. The van der Waals surface area contributed by atoms with Crippen molar-refractivity contribution < 1.29 is 0 Å². The number of guanidine groups is 1. The Morgan fingerprint density at radius 1 is 1.22 bits per heavy atom. The third kappa shape index (κ3) is 5.36. The summed E-state index contributed by atoms with van der Waals surface area (Å²) in [4.78, 5) is 9.90. The summed E-state index contributed by atoms with van der Waals surface area (Å²) in [5.74, 6) is 1.83. The van der Waals surface area contributed by atoms with Gasteiger partial charge in [0.2, 0.25) is 0 Å². The molecular weight excluding hydrogens is 304 g/mol. The van der Waals surface area contributed by atoms with E-state index in [2.05, 4.69) is 71.7 Å². The third-order valence-electron chi connectivity index (χ3n) is 3.82. The minimum Gasteiger partial charge on any atom is -0.356 e. The van der Waals surface area contributed by atoms with Crippen LogP contribution in [0.25, 0.3) is 0 Å². The van der Waals surface area contributed by atoms with Crippen molar-refractivity contribution in [3.63, 3.8) is 0 Å². The van der Waals surface area contributed by atoms with Gasteiger partial charge in [0.15, 0.2) is 5.96 Å². The smallest absolute Gasteiger partial charge is 0.191 e. The van der Waals surface area contributed by atoms with E-state index in [0.29, 0.717) is 18.4 Å². The first-order valence-corrected chi connectivity index (χ1v) is 8.82. The Labute approximate surface area is 143 Å². The van der Waals surface area contributed by atoms with E-state index in [-0.39, 0.29) is 0 Å². The molecule has 1 unspecified atom stereocenters. The molecule has 4 nitrogen and oxygen atoms in total. The van der Waals surface area contributed by atoms with E-state index in [1.165, 1.54) is 10.4 Å². The lowest BCUT2D eigenvalue weighted by molar-refractivity contribution is 0.488. The van der Waals surface area contributed by atoms with E-state index in [0.717, 1.165) is 17.5 Å². The van der Waals surface area contributed by atoms with Gasteiger partial charge in [-0.3, -0.25) is 4.99 Å². The molecule has 1 aromatic heterocycles. The van der Waals surface area contributed by atoms with E-state index in [1.54, 1.807) is 18.4 Å². The summed E-state index contributed by atoms with van der Waals surface area (Å²) < 4.78 is 0. The second kappa shape index (κ2) is 8.67. The number of aliphatic imine (C=N–C) groups is 1. The lowest BCUT2D eigenvalue weighted by Gasteiger charge is -2.23. The minimum atomic E-state index is 0.455. The predicted octanol–water partition coefficient (Wildman–Crippen LogP) is 3.56. The highest BCUT2D eigenvalue weighted by atomic mass is 32.1. The highest BCUT2D eigenvalue weighted by Crippen LogP contribution is 2.23. The van der Waals surface area contributed by atoms with Gasteiger partial charge in [0.05, 0.1) is 6.54 Å². The topological polar surface area (TPSA) is 49.3 Å². The number of benzene rings is 1. The Kier molecular flexibility index (Phi) is 6.59. The Morgan fingerprint density at radius 2 is 1.96 bits per heavy atom. The van der Waals surface area contributed by atoms with Gasteiger partial charge in [-0.15, -0.1) is 11.3 Å². The number of rotatable bonds is 6. The molecule has 5 heteroatoms. The molecule has 124 valence electrons. The fourth-order valence-electron chi connectivity index (χ4n) is 2.51. The molecular formula is C18H26N4S. The van der Waals surface area contributed by atoms with Crippen molar-refractivity contribution >= 4 is 17.3 Å². The molecule has 2 aromatic rings. The van der Waals surface area contributed by atoms with Crippen LogP contribution in [-0.2, 0) is 6.54 Å². The molecule has 1 atom stereocenters. The maximum absolute atomic E-state index is 4.37. The van der Waals surface area contributed by atoms with Crippen molar-refractivity contribution in [3.05, 3.63) is 52.0 Å². The van der Waals surface area contributed by atoms with Gasteiger partial charge in [-0.1, -0.05) is 44.2 Å². The number of aryl methyl sites for hydroxylation is 1. The zero-order valence-corrected chi connectivity index (χ0v) is 15.2. The Bertz CT molecular complexity index is 619. The van der Waals surface area contributed by atoms with Crippen LogP contribution >= 0.6 is 11.3 Å². The molecule has 23 heavy (non-hydrogen) atoms. The molecule has 0 aliphatic heterocycles. The highest BCUT2D eigenvalue weighted by Gasteiger charge is 2.16. The lowest BCUT2D eigenvalue weighted by Crippen LogP contribution is -2.39. The zero-order valence-electron chi connectivity index (χ0n) is 14.3. The minimum absolute atomic E-state index is 0.455. The molecule has 0 bridgehead atoms. The van der Waals surface area contributed by atoms with Gasteiger partial charge in [0, 0.05) is 30.6 Å². The van der Waals surface area contributed by atoms with Crippen LogP contribution in [0.5, 0.6) is 0 Å². The van der Waals surface area contributed by atoms with Crippen molar-refractivity contribution in [3.8, 4) is 0 Å². The quantitative estimate of drug-likeness (QED) is 0.629. The number of hydrogen-bond acceptors (Lipinski definition) is 3.